The number of carbonyl (C=O) groups is 1. The van der Waals surface area contributed by atoms with Crippen LogP contribution in [0.1, 0.15) is 31.5 Å². The molecule has 0 spiro atoms. The fraction of sp³-hybridized carbons (Fsp3) is 0.357. The Labute approximate surface area is 141 Å². The van der Waals surface area contributed by atoms with Gasteiger partial charge in [-0.25, -0.2) is 4.68 Å². The van der Waals surface area contributed by atoms with Crippen LogP contribution < -0.4 is 11.2 Å². The molecule has 0 radical (unpaired) electrons. The topological polar surface area (TPSA) is 129 Å². The first-order valence-corrected chi connectivity index (χ1v) is 8.26. The van der Waals surface area contributed by atoms with Crippen LogP contribution in [0.4, 0.5) is 11.4 Å². The summed E-state index contributed by atoms with van der Waals surface area (Å²) in [7, 11) is 0. The van der Waals surface area contributed by atoms with E-state index in [-0.39, 0.29) is 11.6 Å². The summed E-state index contributed by atoms with van der Waals surface area (Å²) in [5.41, 5.74) is 0.463. The Balaban J connectivity index is 1.61. The number of rotatable bonds is 6. The standard InChI is InChI=1S/C14H16N6O3S/c1-8(24-14-18-17-12(19(14)15)9-2-3-9)13(21)16-10-4-6-11(7-5-10)20(22)23/h4-9H,2-3,15H2,1H3,(H,16,21). The van der Waals surface area contributed by atoms with Gasteiger partial charge in [-0.05, 0) is 31.9 Å². The Hall–Kier alpha value is -2.62. The maximum Gasteiger partial charge on any atom is 0.269 e. The number of aromatic nitrogens is 3. The van der Waals surface area contributed by atoms with E-state index in [0.29, 0.717) is 16.8 Å². The van der Waals surface area contributed by atoms with Crippen LogP contribution in [0.2, 0.25) is 0 Å². The molecule has 0 aliphatic heterocycles. The molecule has 2 aromatic rings. The van der Waals surface area contributed by atoms with Gasteiger partial charge in [-0.1, -0.05) is 11.8 Å². The zero-order chi connectivity index (χ0) is 17.3. The lowest BCUT2D eigenvalue weighted by atomic mass is 10.3. The monoisotopic (exact) mass is 348 g/mol. The predicted octanol–water partition coefficient (Wildman–Crippen LogP) is 1.90. The van der Waals surface area contributed by atoms with Gasteiger partial charge in [0.1, 0.15) is 0 Å². The minimum atomic E-state index is -0.490. The van der Waals surface area contributed by atoms with Crippen molar-refractivity contribution in [3.05, 3.63) is 40.2 Å². The summed E-state index contributed by atoms with van der Waals surface area (Å²) in [6.07, 6.45) is 2.13. The normalized spacial score (nSPS) is 15.0. The number of thioether (sulfide) groups is 1. The molecule has 1 aliphatic carbocycles. The number of nitrogens with two attached hydrogens (primary N) is 1. The van der Waals surface area contributed by atoms with E-state index in [0.717, 1.165) is 18.7 Å². The molecule has 1 aliphatic rings. The van der Waals surface area contributed by atoms with Crippen molar-refractivity contribution in [3.8, 4) is 0 Å². The number of nitrogen functional groups attached to an aromatic ring is 1. The number of nitro benzene ring substituents is 1. The smallest absolute Gasteiger partial charge is 0.269 e. The highest BCUT2D eigenvalue weighted by Gasteiger charge is 2.30. The van der Waals surface area contributed by atoms with E-state index in [2.05, 4.69) is 15.5 Å². The number of non-ortho nitro benzene ring substituents is 1. The van der Waals surface area contributed by atoms with Gasteiger partial charge in [-0.15, -0.1) is 10.2 Å². The molecule has 3 rings (SSSR count). The molecule has 1 amide bonds. The fourth-order valence-corrected chi connectivity index (χ4v) is 2.89. The van der Waals surface area contributed by atoms with E-state index in [1.165, 1.54) is 40.7 Å². The molecule has 1 unspecified atom stereocenters. The highest BCUT2D eigenvalue weighted by molar-refractivity contribution is 8.00. The van der Waals surface area contributed by atoms with Crippen LogP contribution in [0.5, 0.6) is 0 Å². The molecule has 1 aromatic heterocycles. The highest BCUT2D eigenvalue weighted by Crippen LogP contribution is 2.39. The zero-order valence-electron chi connectivity index (χ0n) is 12.9. The van der Waals surface area contributed by atoms with Gasteiger partial charge in [0.2, 0.25) is 11.1 Å². The summed E-state index contributed by atoms with van der Waals surface area (Å²) in [5.74, 6) is 6.85. The van der Waals surface area contributed by atoms with Gasteiger partial charge in [0, 0.05) is 23.7 Å². The quantitative estimate of drug-likeness (QED) is 0.353. The molecule has 10 heteroatoms. The predicted molar refractivity (Wildman–Crippen MR) is 89.2 cm³/mol. The van der Waals surface area contributed by atoms with Crippen LogP contribution in [-0.4, -0.2) is 31.0 Å². The Kier molecular flexibility index (Phi) is 4.38. The average molecular weight is 348 g/mol. The Morgan fingerprint density at radius 2 is 2.08 bits per heavy atom. The lowest BCUT2D eigenvalue weighted by Crippen LogP contribution is -2.23. The number of nitrogens with one attached hydrogen (secondary N) is 1. The van der Waals surface area contributed by atoms with E-state index in [4.69, 9.17) is 5.84 Å². The molecule has 24 heavy (non-hydrogen) atoms. The van der Waals surface area contributed by atoms with Gasteiger partial charge in [-0.3, -0.25) is 14.9 Å². The molecule has 3 N–H and O–H groups in total. The van der Waals surface area contributed by atoms with E-state index >= 15 is 0 Å². The third-order valence-electron chi connectivity index (χ3n) is 3.63. The third-order valence-corrected chi connectivity index (χ3v) is 4.69. The first kappa shape index (κ1) is 16.2. The molecule has 1 saturated carbocycles. The highest BCUT2D eigenvalue weighted by atomic mass is 32.2. The molecular weight excluding hydrogens is 332 g/mol. The summed E-state index contributed by atoms with van der Waals surface area (Å²) in [6, 6.07) is 5.66. The Morgan fingerprint density at radius 3 is 2.67 bits per heavy atom. The first-order valence-electron chi connectivity index (χ1n) is 7.38. The van der Waals surface area contributed by atoms with Crippen molar-refractivity contribution in [1.82, 2.24) is 14.9 Å². The Morgan fingerprint density at radius 1 is 1.42 bits per heavy atom. The van der Waals surface area contributed by atoms with Gasteiger partial charge >= 0.3 is 0 Å². The van der Waals surface area contributed by atoms with Crippen LogP contribution in [0.25, 0.3) is 0 Å². The summed E-state index contributed by atoms with van der Waals surface area (Å²) in [5, 5.41) is 21.5. The largest absolute Gasteiger partial charge is 0.336 e. The lowest BCUT2D eigenvalue weighted by molar-refractivity contribution is -0.384. The van der Waals surface area contributed by atoms with Crippen molar-refractivity contribution < 1.29 is 9.72 Å². The van der Waals surface area contributed by atoms with Gasteiger partial charge in [0.05, 0.1) is 10.2 Å². The average Bonchev–Trinajstić information content (AvgIpc) is 3.33. The second-order valence-electron chi connectivity index (χ2n) is 5.54. The van der Waals surface area contributed by atoms with E-state index in [9.17, 15) is 14.9 Å². The SMILES string of the molecule is CC(Sc1nnc(C2CC2)n1N)C(=O)Nc1ccc([N+](=O)[O-])cc1. The van der Waals surface area contributed by atoms with Crippen molar-refractivity contribution in [3.63, 3.8) is 0 Å². The minimum Gasteiger partial charge on any atom is -0.336 e. The molecule has 0 saturated heterocycles. The van der Waals surface area contributed by atoms with Crippen LogP contribution in [0, 0.1) is 10.1 Å². The van der Waals surface area contributed by atoms with Crippen molar-refractivity contribution >= 4 is 29.0 Å². The van der Waals surface area contributed by atoms with Gasteiger partial charge in [-0.2, -0.15) is 0 Å². The van der Waals surface area contributed by atoms with Crippen LogP contribution >= 0.6 is 11.8 Å². The number of nitro groups is 1. The molecular formula is C14H16N6O3S. The fourth-order valence-electron chi connectivity index (χ4n) is 2.11. The van der Waals surface area contributed by atoms with Gasteiger partial charge in [0.15, 0.2) is 5.82 Å². The second kappa shape index (κ2) is 6.48. The first-order chi connectivity index (χ1) is 11.5. The number of nitrogens with zero attached hydrogens (tertiary/aromatic N) is 4. The number of amides is 1. The number of benzene rings is 1. The molecule has 1 atom stereocenters. The summed E-state index contributed by atoms with van der Waals surface area (Å²) < 4.78 is 1.44. The second-order valence-corrected chi connectivity index (χ2v) is 6.85. The third kappa shape index (κ3) is 3.48. The van der Waals surface area contributed by atoms with E-state index in [1.807, 2.05) is 0 Å². The molecule has 9 nitrogen and oxygen atoms in total. The van der Waals surface area contributed by atoms with Crippen molar-refractivity contribution in [2.24, 2.45) is 0 Å². The number of anilines is 1. The summed E-state index contributed by atoms with van der Waals surface area (Å²) >= 11 is 1.22. The lowest BCUT2D eigenvalue weighted by Gasteiger charge is -2.11. The molecule has 0 bridgehead atoms. The van der Waals surface area contributed by atoms with Crippen LogP contribution in [-0.2, 0) is 4.79 Å². The molecule has 126 valence electrons. The van der Waals surface area contributed by atoms with Crippen molar-refractivity contribution in [1.29, 1.82) is 0 Å². The maximum atomic E-state index is 12.2. The maximum absolute atomic E-state index is 12.2. The van der Waals surface area contributed by atoms with Crippen LogP contribution in [0.3, 0.4) is 0 Å². The summed E-state index contributed by atoms with van der Waals surface area (Å²) in [6.45, 7) is 1.73. The van der Waals surface area contributed by atoms with E-state index < -0.39 is 10.2 Å². The zero-order valence-corrected chi connectivity index (χ0v) is 13.7. The van der Waals surface area contributed by atoms with Crippen molar-refractivity contribution in [2.45, 2.75) is 36.1 Å². The number of hydrogen-bond donors (Lipinski definition) is 2. The molecule has 1 heterocycles. The van der Waals surface area contributed by atoms with Crippen molar-refractivity contribution in [2.75, 3.05) is 11.2 Å². The van der Waals surface area contributed by atoms with Crippen LogP contribution in [0.15, 0.2) is 29.4 Å². The summed E-state index contributed by atoms with van der Waals surface area (Å²) in [4.78, 5) is 22.4. The Bertz CT molecular complexity index is 771. The van der Waals surface area contributed by atoms with Gasteiger partial charge in [0.25, 0.3) is 5.69 Å². The molecule has 1 fully saturated rings. The number of hydrogen-bond acceptors (Lipinski definition) is 7. The molecule has 1 aromatic carbocycles. The minimum absolute atomic E-state index is 0.0285. The number of carbonyl (C=O) groups excluding carboxylic acids is 1. The van der Waals surface area contributed by atoms with Gasteiger partial charge < -0.3 is 11.2 Å². The van der Waals surface area contributed by atoms with E-state index in [1.54, 1.807) is 6.92 Å².